The third kappa shape index (κ3) is 3.87. The summed E-state index contributed by atoms with van der Waals surface area (Å²) in [6, 6.07) is 7.28. The average molecular weight is 346 g/mol. The standard InChI is InChI=1S/C15H11ClF3NO3/c1-22-13-7-9(2-4-10(13)14(20)21)23-8-3-5-12(16)11(6-8)15(17,18)19/h2-7H,1H3,(H2,20,21). The van der Waals surface area contributed by atoms with Crippen molar-refractivity contribution in [2.24, 2.45) is 5.73 Å². The first-order valence-corrected chi connectivity index (χ1v) is 6.62. The Morgan fingerprint density at radius 1 is 1.13 bits per heavy atom. The zero-order chi connectivity index (χ0) is 17.2. The number of rotatable bonds is 4. The van der Waals surface area contributed by atoms with Gasteiger partial charge in [-0.05, 0) is 30.3 Å². The lowest BCUT2D eigenvalue weighted by atomic mass is 10.1. The Bertz CT molecular complexity index is 747. The number of alkyl halides is 3. The van der Waals surface area contributed by atoms with E-state index < -0.39 is 22.7 Å². The lowest BCUT2D eigenvalue weighted by Gasteiger charge is -2.13. The second-order valence-electron chi connectivity index (χ2n) is 4.47. The molecule has 23 heavy (non-hydrogen) atoms. The first kappa shape index (κ1) is 17.0. The zero-order valence-corrected chi connectivity index (χ0v) is 12.5. The fraction of sp³-hybridized carbons (Fsp3) is 0.133. The Balaban J connectivity index is 2.35. The van der Waals surface area contributed by atoms with E-state index in [9.17, 15) is 18.0 Å². The van der Waals surface area contributed by atoms with E-state index in [1.807, 2.05) is 0 Å². The van der Waals surface area contributed by atoms with Gasteiger partial charge in [-0.1, -0.05) is 11.6 Å². The fourth-order valence-corrected chi connectivity index (χ4v) is 2.08. The van der Waals surface area contributed by atoms with Crippen molar-refractivity contribution < 1.29 is 27.4 Å². The first-order valence-electron chi connectivity index (χ1n) is 6.25. The Labute approximate surface area is 134 Å². The number of hydrogen-bond donors (Lipinski definition) is 1. The number of nitrogens with two attached hydrogens (primary N) is 1. The van der Waals surface area contributed by atoms with Gasteiger partial charge in [0.2, 0.25) is 0 Å². The van der Waals surface area contributed by atoms with Gasteiger partial charge < -0.3 is 15.2 Å². The first-order chi connectivity index (χ1) is 10.7. The van der Waals surface area contributed by atoms with Gasteiger partial charge in [0.1, 0.15) is 17.2 Å². The molecule has 2 aromatic rings. The van der Waals surface area contributed by atoms with Crippen LogP contribution >= 0.6 is 11.6 Å². The van der Waals surface area contributed by atoms with Crippen LogP contribution in [0.25, 0.3) is 0 Å². The summed E-state index contributed by atoms with van der Waals surface area (Å²) >= 11 is 5.54. The normalized spacial score (nSPS) is 11.2. The monoisotopic (exact) mass is 345 g/mol. The maximum atomic E-state index is 12.8. The molecule has 0 heterocycles. The molecule has 0 saturated carbocycles. The second kappa shape index (κ2) is 6.37. The van der Waals surface area contributed by atoms with E-state index >= 15 is 0 Å². The van der Waals surface area contributed by atoms with Crippen LogP contribution in [0, 0.1) is 0 Å². The van der Waals surface area contributed by atoms with Gasteiger partial charge in [-0.2, -0.15) is 13.2 Å². The van der Waals surface area contributed by atoms with Crippen LogP contribution in [-0.4, -0.2) is 13.0 Å². The molecular formula is C15H11ClF3NO3. The highest BCUT2D eigenvalue weighted by molar-refractivity contribution is 6.31. The molecule has 8 heteroatoms. The van der Waals surface area contributed by atoms with E-state index in [-0.39, 0.29) is 22.8 Å². The van der Waals surface area contributed by atoms with Crippen LogP contribution in [-0.2, 0) is 6.18 Å². The van der Waals surface area contributed by atoms with Crippen LogP contribution in [0.3, 0.4) is 0 Å². The highest BCUT2D eigenvalue weighted by atomic mass is 35.5. The number of amides is 1. The van der Waals surface area contributed by atoms with Crippen molar-refractivity contribution in [2.75, 3.05) is 7.11 Å². The van der Waals surface area contributed by atoms with Crippen LogP contribution in [0.2, 0.25) is 5.02 Å². The van der Waals surface area contributed by atoms with Crippen LogP contribution in [0.5, 0.6) is 17.2 Å². The highest BCUT2D eigenvalue weighted by Gasteiger charge is 2.33. The summed E-state index contributed by atoms with van der Waals surface area (Å²) in [4.78, 5) is 11.2. The number of halogens is 4. The molecule has 0 aromatic heterocycles. The molecule has 0 aliphatic carbocycles. The summed E-state index contributed by atoms with van der Waals surface area (Å²) in [5.41, 5.74) is 4.31. The third-order valence-corrected chi connectivity index (χ3v) is 3.25. The summed E-state index contributed by atoms with van der Waals surface area (Å²) in [6.07, 6.45) is -4.59. The number of ether oxygens (including phenoxy) is 2. The number of hydrogen-bond acceptors (Lipinski definition) is 3. The predicted molar refractivity (Wildman–Crippen MR) is 78.0 cm³/mol. The van der Waals surface area contributed by atoms with E-state index in [4.69, 9.17) is 26.8 Å². The largest absolute Gasteiger partial charge is 0.496 e. The fourth-order valence-electron chi connectivity index (χ4n) is 1.86. The van der Waals surface area contributed by atoms with Crippen molar-refractivity contribution >= 4 is 17.5 Å². The SMILES string of the molecule is COc1cc(Oc2ccc(Cl)c(C(F)(F)F)c2)ccc1C(N)=O. The van der Waals surface area contributed by atoms with Crippen LogP contribution < -0.4 is 15.2 Å². The van der Waals surface area contributed by atoms with Crippen molar-refractivity contribution in [3.05, 3.63) is 52.5 Å². The summed E-state index contributed by atoms with van der Waals surface area (Å²) in [7, 11) is 1.33. The molecule has 2 rings (SSSR count). The number of methoxy groups -OCH3 is 1. The molecule has 0 saturated heterocycles. The Kier molecular flexibility index (Phi) is 4.70. The lowest BCUT2D eigenvalue weighted by Crippen LogP contribution is -2.12. The van der Waals surface area contributed by atoms with Gasteiger partial charge in [0.05, 0.1) is 23.3 Å². The Morgan fingerprint density at radius 2 is 1.74 bits per heavy atom. The molecule has 0 aliphatic rings. The summed E-state index contributed by atoms with van der Waals surface area (Å²) < 4.78 is 48.8. The molecule has 2 aromatic carbocycles. The van der Waals surface area contributed by atoms with Gasteiger partial charge in [-0.25, -0.2) is 0 Å². The predicted octanol–water partition coefficient (Wildman–Crippen LogP) is 4.26. The van der Waals surface area contributed by atoms with E-state index in [0.717, 1.165) is 12.1 Å². The van der Waals surface area contributed by atoms with Crippen LogP contribution in [0.4, 0.5) is 13.2 Å². The van der Waals surface area contributed by atoms with Gasteiger partial charge >= 0.3 is 6.18 Å². The summed E-state index contributed by atoms with van der Waals surface area (Å²) in [5.74, 6) is -0.419. The van der Waals surface area contributed by atoms with E-state index in [1.165, 1.54) is 31.4 Å². The zero-order valence-electron chi connectivity index (χ0n) is 11.8. The van der Waals surface area contributed by atoms with Gasteiger partial charge in [0.15, 0.2) is 0 Å². The molecule has 122 valence electrons. The van der Waals surface area contributed by atoms with Crippen LogP contribution in [0.1, 0.15) is 15.9 Å². The molecule has 0 fully saturated rings. The van der Waals surface area contributed by atoms with Crippen LogP contribution in [0.15, 0.2) is 36.4 Å². The van der Waals surface area contributed by atoms with E-state index in [1.54, 1.807) is 0 Å². The van der Waals surface area contributed by atoms with Crippen molar-refractivity contribution in [3.63, 3.8) is 0 Å². The molecule has 0 radical (unpaired) electrons. The molecule has 0 atom stereocenters. The molecule has 1 amide bonds. The minimum absolute atomic E-state index is 0.0596. The minimum atomic E-state index is -4.59. The Hall–Kier alpha value is -2.41. The third-order valence-electron chi connectivity index (χ3n) is 2.92. The number of carbonyl (C=O) groups is 1. The number of primary amides is 1. The molecule has 0 bridgehead atoms. The lowest BCUT2D eigenvalue weighted by molar-refractivity contribution is -0.137. The number of carbonyl (C=O) groups excluding carboxylic acids is 1. The molecule has 0 aliphatic heterocycles. The Morgan fingerprint density at radius 3 is 2.30 bits per heavy atom. The smallest absolute Gasteiger partial charge is 0.417 e. The average Bonchev–Trinajstić information content (AvgIpc) is 2.47. The van der Waals surface area contributed by atoms with Gasteiger partial charge in [-0.3, -0.25) is 4.79 Å². The summed E-state index contributed by atoms with van der Waals surface area (Å²) in [5, 5.41) is -0.425. The number of benzene rings is 2. The van der Waals surface area contributed by atoms with E-state index in [2.05, 4.69) is 0 Å². The molecular weight excluding hydrogens is 335 g/mol. The maximum Gasteiger partial charge on any atom is 0.417 e. The van der Waals surface area contributed by atoms with Crippen molar-refractivity contribution in [1.82, 2.24) is 0 Å². The molecule has 0 spiro atoms. The van der Waals surface area contributed by atoms with Crippen molar-refractivity contribution in [1.29, 1.82) is 0 Å². The minimum Gasteiger partial charge on any atom is -0.496 e. The summed E-state index contributed by atoms with van der Waals surface area (Å²) in [6.45, 7) is 0. The highest BCUT2D eigenvalue weighted by Crippen LogP contribution is 2.38. The topological polar surface area (TPSA) is 61.6 Å². The van der Waals surface area contributed by atoms with Crippen molar-refractivity contribution in [3.8, 4) is 17.2 Å². The van der Waals surface area contributed by atoms with Gasteiger partial charge in [-0.15, -0.1) is 0 Å². The van der Waals surface area contributed by atoms with E-state index in [0.29, 0.717) is 0 Å². The second-order valence-corrected chi connectivity index (χ2v) is 4.88. The van der Waals surface area contributed by atoms with Gasteiger partial charge in [0, 0.05) is 6.07 Å². The maximum absolute atomic E-state index is 12.8. The van der Waals surface area contributed by atoms with Crippen molar-refractivity contribution in [2.45, 2.75) is 6.18 Å². The molecule has 4 nitrogen and oxygen atoms in total. The van der Waals surface area contributed by atoms with Gasteiger partial charge in [0.25, 0.3) is 5.91 Å². The molecule has 2 N–H and O–H groups in total. The molecule has 0 unspecified atom stereocenters. The quantitative estimate of drug-likeness (QED) is 0.900.